The van der Waals surface area contributed by atoms with E-state index < -0.39 is 17.8 Å². The van der Waals surface area contributed by atoms with Crippen LogP contribution in [-0.4, -0.2) is 19.0 Å². The van der Waals surface area contributed by atoms with E-state index in [-0.39, 0.29) is 22.3 Å². The molecule has 1 aromatic carbocycles. The van der Waals surface area contributed by atoms with Gasteiger partial charge < -0.3 is 9.47 Å². The number of nitrogens with one attached hydrogen (secondary N) is 1. The van der Waals surface area contributed by atoms with Crippen LogP contribution in [0, 0.1) is 22.7 Å². The van der Waals surface area contributed by atoms with Gasteiger partial charge in [-0.1, -0.05) is 35.3 Å². The molecular formula is C15H12Cl2N2O3. The van der Waals surface area contributed by atoms with Crippen molar-refractivity contribution in [2.45, 2.75) is 12.8 Å². The van der Waals surface area contributed by atoms with Crippen molar-refractivity contribution in [3.63, 3.8) is 0 Å². The molecule has 0 saturated carbocycles. The smallest absolute Gasteiger partial charge is 0.337 e. The second-order valence-electron chi connectivity index (χ2n) is 4.66. The topological polar surface area (TPSA) is 83.2 Å². The van der Waals surface area contributed by atoms with Crippen LogP contribution in [0.15, 0.2) is 29.5 Å². The number of nitrogens with zero attached hydrogens (tertiary/aromatic N) is 1. The third-order valence-corrected chi connectivity index (χ3v) is 4.26. The first-order valence-electron chi connectivity index (χ1n) is 6.31. The largest absolute Gasteiger partial charge is 0.466 e. The van der Waals surface area contributed by atoms with E-state index in [1.54, 1.807) is 25.1 Å². The molecular weight excluding hydrogens is 327 g/mol. The maximum absolute atomic E-state index is 12.1. The van der Waals surface area contributed by atoms with E-state index in [0.29, 0.717) is 10.6 Å². The molecule has 0 amide bonds. The quantitative estimate of drug-likeness (QED) is 0.834. The number of methoxy groups -OCH3 is 1. The van der Waals surface area contributed by atoms with Gasteiger partial charge in [0.2, 0.25) is 5.90 Å². The zero-order valence-corrected chi connectivity index (χ0v) is 13.3. The molecule has 7 heteroatoms. The molecule has 0 fully saturated rings. The Labute approximate surface area is 137 Å². The number of halogens is 2. The number of ether oxygens (including phenoxy) is 2. The molecule has 22 heavy (non-hydrogen) atoms. The lowest BCUT2D eigenvalue weighted by atomic mass is 9.78. The van der Waals surface area contributed by atoms with E-state index in [0.717, 1.165) is 0 Å². The predicted octanol–water partition coefficient (Wildman–Crippen LogP) is 3.67. The Bertz CT molecular complexity index is 722. The Balaban J connectivity index is 2.72. The fraction of sp³-hybridized carbons (Fsp3) is 0.267. The summed E-state index contributed by atoms with van der Waals surface area (Å²) in [5, 5.41) is 17.8. The lowest BCUT2D eigenvalue weighted by molar-refractivity contribution is -0.136. The molecule has 1 heterocycles. The SMILES string of the molecule is COC(=O)C1=C(C)OC(=N)C(C#N)C1c1cccc(Cl)c1Cl. The van der Waals surface area contributed by atoms with Gasteiger partial charge >= 0.3 is 5.97 Å². The Hall–Kier alpha value is -2.03. The van der Waals surface area contributed by atoms with Crippen LogP contribution >= 0.6 is 23.2 Å². The number of nitriles is 1. The minimum atomic E-state index is -0.992. The Morgan fingerprint density at radius 3 is 2.73 bits per heavy atom. The normalized spacial score (nSPS) is 21.1. The summed E-state index contributed by atoms with van der Waals surface area (Å²) in [6.45, 7) is 1.54. The van der Waals surface area contributed by atoms with E-state index in [9.17, 15) is 10.1 Å². The fourth-order valence-corrected chi connectivity index (χ4v) is 2.86. The van der Waals surface area contributed by atoms with Gasteiger partial charge in [-0.25, -0.2) is 4.79 Å². The van der Waals surface area contributed by atoms with Crippen molar-refractivity contribution in [3.8, 4) is 6.07 Å². The fourth-order valence-electron chi connectivity index (χ4n) is 2.43. The second kappa shape index (κ2) is 6.39. The molecule has 2 rings (SSSR count). The lowest BCUT2D eigenvalue weighted by Crippen LogP contribution is -2.33. The summed E-state index contributed by atoms with van der Waals surface area (Å²) in [6.07, 6.45) is 0. The van der Waals surface area contributed by atoms with Crippen LogP contribution in [0.25, 0.3) is 0 Å². The van der Waals surface area contributed by atoms with E-state index in [4.69, 9.17) is 38.1 Å². The highest BCUT2D eigenvalue weighted by Crippen LogP contribution is 2.43. The molecule has 0 aromatic heterocycles. The van der Waals surface area contributed by atoms with E-state index in [1.165, 1.54) is 7.11 Å². The summed E-state index contributed by atoms with van der Waals surface area (Å²) in [4.78, 5) is 12.1. The van der Waals surface area contributed by atoms with E-state index in [2.05, 4.69) is 0 Å². The summed E-state index contributed by atoms with van der Waals surface area (Å²) in [5.41, 5.74) is 0.641. The third kappa shape index (κ3) is 2.68. The van der Waals surface area contributed by atoms with Crippen LogP contribution in [-0.2, 0) is 14.3 Å². The zero-order valence-electron chi connectivity index (χ0n) is 11.8. The number of allylic oxidation sites excluding steroid dienone is 1. The summed E-state index contributed by atoms with van der Waals surface area (Å²) in [7, 11) is 1.24. The number of carbonyl (C=O) groups is 1. The Kier molecular flexibility index (Phi) is 4.74. The summed E-state index contributed by atoms with van der Waals surface area (Å²) in [6, 6.07) is 6.92. The first-order chi connectivity index (χ1) is 10.4. The number of benzene rings is 1. The van der Waals surface area contributed by atoms with Crippen molar-refractivity contribution in [2.75, 3.05) is 7.11 Å². The molecule has 0 radical (unpaired) electrons. The van der Waals surface area contributed by atoms with Crippen LogP contribution < -0.4 is 0 Å². The number of hydrogen-bond acceptors (Lipinski definition) is 5. The molecule has 0 spiro atoms. The zero-order chi connectivity index (χ0) is 16.4. The molecule has 2 unspecified atom stereocenters. The van der Waals surface area contributed by atoms with Crippen LogP contribution in [0.3, 0.4) is 0 Å². The van der Waals surface area contributed by atoms with Crippen molar-refractivity contribution < 1.29 is 14.3 Å². The average Bonchev–Trinajstić information content (AvgIpc) is 2.49. The monoisotopic (exact) mass is 338 g/mol. The average molecular weight is 339 g/mol. The molecule has 1 N–H and O–H groups in total. The van der Waals surface area contributed by atoms with Gasteiger partial charge in [0.25, 0.3) is 0 Å². The van der Waals surface area contributed by atoms with Gasteiger partial charge in [0.1, 0.15) is 11.7 Å². The molecule has 114 valence electrons. The van der Waals surface area contributed by atoms with E-state index in [1.807, 2.05) is 6.07 Å². The van der Waals surface area contributed by atoms with Crippen molar-refractivity contribution in [1.29, 1.82) is 10.7 Å². The molecule has 1 aromatic rings. The number of rotatable bonds is 2. The van der Waals surface area contributed by atoms with Gasteiger partial charge in [0.15, 0.2) is 0 Å². The van der Waals surface area contributed by atoms with Crippen LogP contribution in [0.4, 0.5) is 0 Å². The van der Waals surface area contributed by atoms with Gasteiger partial charge in [-0.3, -0.25) is 5.41 Å². The maximum Gasteiger partial charge on any atom is 0.337 e. The molecule has 2 atom stereocenters. The molecule has 5 nitrogen and oxygen atoms in total. The van der Waals surface area contributed by atoms with Crippen molar-refractivity contribution in [1.82, 2.24) is 0 Å². The molecule has 1 aliphatic heterocycles. The van der Waals surface area contributed by atoms with Gasteiger partial charge in [-0.2, -0.15) is 5.26 Å². The maximum atomic E-state index is 12.1. The molecule has 0 saturated heterocycles. The summed E-state index contributed by atoms with van der Waals surface area (Å²) in [5.74, 6) is -2.43. The highest BCUT2D eigenvalue weighted by atomic mass is 35.5. The van der Waals surface area contributed by atoms with Crippen LogP contribution in [0.5, 0.6) is 0 Å². The van der Waals surface area contributed by atoms with Crippen LogP contribution in [0.2, 0.25) is 10.0 Å². The number of carbonyl (C=O) groups excluding carboxylic acids is 1. The minimum absolute atomic E-state index is 0.161. The minimum Gasteiger partial charge on any atom is -0.466 e. The standard InChI is InChI=1S/C15H12Cl2N2O3/c1-7-11(15(20)21-2)12(9(6-18)14(19)22-7)8-4-3-5-10(16)13(8)17/h3-5,9,12,19H,1-2H3. The molecule has 0 bridgehead atoms. The molecule has 1 aliphatic rings. The summed E-state index contributed by atoms with van der Waals surface area (Å²) >= 11 is 12.3. The molecule has 0 aliphatic carbocycles. The third-order valence-electron chi connectivity index (χ3n) is 3.43. The first-order valence-corrected chi connectivity index (χ1v) is 7.06. The van der Waals surface area contributed by atoms with E-state index >= 15 is 0 Å². The Morgan fingerprint density at radius 2 is 2.14 bits per heavy atom. The highest BCUT2D eigenvalue weighted by molar-refractivity contribution is 6.42. The van der Waals surface area contributed by atoms with Gasteiger partial charge in [-0.15, -0.1) is 0 Å². The van der Waals surface area contributed by atoms with Gasteiger partial charge in [0.05, 0.1) is 28.8 Å². The lowest BCUT2D eigenvalue weighted by Gasteiger charge is -2.30. The van der Waals surface area contributed by atoms with Crippen molar-refractivity contribution >= 4 is 35.1 Å². The van der Waals surface area contributed by atoms with Crippen molar-refractivity contribution in [2.24, 2.45) is 5.92 Å². The predicted molar refractivity (Wildman–Crippen MR) is 81.8 cm³/mol. The van der Waals surface area contributed by atoms with Crippen molar-refractivity contribution in [3.05, 3.63) is 45.1 Å². The van der Waals surface area contributed by atoms with Gasteiger partial charge in [0, 0.05) is 5.92 Å². The second-order valence-corrected chi connectivity index (χ2v) is 5.44. The van der Waals surface area contributed by atoms with Gasteiger partial charge in [-0.05, 0) is 18.6 Å². The number of esters is 1. The summed E-state index contributed by atoms with van der Waals surface area (Å²) < 4.78 is 9.99. The van der Waals surface area contributed by atoms with Crippen LogP contribution in [0.1, 0.15) is 18.4 Å². The first kappa shape index (κ1) is 16.3. The Morgan fingerprint density at radius 1 is 1.45 bits per heavy atom. The number of hydrogen-bond donors (Lipinski definition) is 1. The highest BCUT2D eigenvalue weighted by Gasteiger charge is 2.42.